The Balaban J connectivity index is 1.49. The molecule has 0 aliphatic carbocycles. The number of aromatic nitrogens is 2. The van der Waals surface area contributed by atoms with Crippen LogP contribution < -0.4 is 9.62 Å². The third kappa shape index (κ3) is 6.04. The van der Waals surface area contributed by atoms with Crippen molar-refractivity contribution >= 4 is 33.2 Å². The zero-order chi connectivity index (χ0) is 21.6. The van der Waals surface area contributed by atoms with Crippen molar-refractivity contribution < 1.29 is 17.7 Å². The summed E-state index contributed by atoms with van der Waals surface area (Å²) in [5.41, 5.74) is 1.32. The Morgan fingerprint density at radius 3 is 2.50 bits per heavy atom. The summed E-state index contributed by atoms with van der Waals surface area (Å²) in [7, 11) is -3.48. The second kappa shape index (κ2) is 9.73. The van der Waals surface area contributed by atoms with E-state index >= 15 is 0 Å². The molecule has 10 heteroatoms. The van der Waals surface area contributed by atoms with E-state index < -0.39 is 10.0 Å². The maximum Gasteiger partial charge on any atom is 0.246 e. The van der Waals surface area contributed by atoms with Gasteiger partial charge in [-0.3, -0.25) is 9.10 Å². The van der Waals surface area contributed by atoms with Gasteiger partial charge < -0.3 is 9.84 Å². The van der Waals surface area contributed by atoms with E-state index in [1.54, 1.807) is 24.3 Å². The lowest BCUT2D eigenvalue weighted by Gasteiger charge is -2.22. The number of hydrogen-bond acceptors (Lipinski definition) is 6. The van der Waals surface area contributed by atoms with Crippen LogP contribution in [0.1, 0.15) is 18.7 Å². The fourth-order valence-corrected chi connectivity index (χ4v) is 3.86. The van der Waals surface area contributed by atoms with Gasteiger partial charge in [-0.2, -0.15) is 4.98 Å². The monoisotopic (exact) mass is 448 g/mol. The molecule has 0 fully saturated rings. The van der Waals surface area contributed by atoms with E-state index in [2.05, 4.69) is 15.5 Å². The second-order valence-corrected chi connectivity index (χ2v) is 8.91. The largest absolute Gasteiger partial charge is 0.347 e. The van der Waals surface area contributed by atoms with Gasteiger partial charge in [-0.15, -0.1) is 0 Å². The van der Waals surface area contributed by atoms with Crippen LogP contribution in [0.2, 0.25) is 5.02 Å². The van der Waals surface area contributed by atoms with Crippen LogP contribution in [0.3, 0.4) is 0 Å². The molecular formula is C20H21ClN4O4S. The molecule has 0 bridgehead atoms. The lowest BCUT2D eigenvalue weighted by Crippen LogP contribution is -2.32. The number of hydrogen-bond donors (Lipinski definition) is 1. The van der Waals surface area contributed by atoms with Gasteiger partial charge in [0.05, 0.1) is 18.5 Å². The first-order chi connectivity index (χ1) is 14.3. The normalized spacial score (nSPS) is 11.3. The van der Waals surface area contributed by atoms with Crippen molar-refractivity contribution in [3.8, 4) is 11.4 Å². The Morgan fingerprint density at radius 1 is 1.13 bits per heavy atom. The van der Waals surface area contributed by atoms with Crippen LogP contribution in [-0.4, -0.2) is 37.3 Å². The summed E-state index contributed by atoms with van der Waals surface area (Å²) in [6, 6.07) is 15.9. The highest BCUT2D eigenvalue weighted by atomic mass is 35.5. The maximum absolute atomic E-state index is 12.1. The van der Waals surface area contributed by atoms with Crippen LogP contribution in [0.15, 0.2) is 59.1 Å². The Kier molecular flexibility index (Phi) is 7.07. The Labute approximate surface area is 179 Å². The van der Waals surface area contributed by atoms with Gasteiger partial charge in [0, 0.05) is 23.6 Å². The number of benzene rings is 2. The molecule has 0 radical (unpaired) electrons. The Bertz CT molecular complexity index is 1090. The number of amides is 1. The van der Waals surface area contributed by atoms with Crippen molar-refractivity contribution in [1.29, 1.82) is 0 Å². The number of halogens is 1. The minimum atomic E-state index is -3.48. The van der Waals surface area contributed by atoms with Gasteiger partial charge in [0.25, 0.3) is 0 Å². The highest BCUT2D eigenvalue weighted by Gasteiger charge is 2.17. The summed E-state index contributed by atoms with van der Waals surface area (Å²) in [5, 5.41) is 7.12. The average Bonchev–Trinajstić information content (AvgIpc) is 3.19. The molecule has 8 nitrogen and oxygen atoms in total. The van der Waals surface area contributed by atoms with Crippen molar-refractivity contribution in [2.45, 2.75) is 19.4 Å². The summed E-state index contributed by atoms with van der Waals surface area (Å²) < 4.78 is 30.6. The molecular weight excluding hydrogens is 428 g/mol. The molecule has 0 saturated carbocycles. The zero-order valence-electron chi connectivity index (χ0n) is 16.3. The van der Waals surface area contributed by atoms with Gasteiger partial charge in [0.2, 0.25) is 27.6 Å². The molecule has 0 unspecified atom stereocenters. The molecule has 0 aliphatic rings. The summed E-state index contributed by atoms with van der Waals surface area (Å²) in [6.07, 6.45) is 1.63. The lowest BCUT2D eigenvalue weighted by atomic mass is 10.2. The van der Waals surface area contributed by atoms with Crippen molar-refractivity contribution in [3.63, 3.8) is 0 Å². The topological polar surface area (TPSA) is 105 Å². The molecule has 0 atom stereocenters. The smallest absolute Gasteiger partial charge is 0.246 e. The molecule has 1 amide bonds. The molecule has 158 valence electrons. The fourth-order valence-electron chi connectivity index (χ4n) is 2.77. The molecule has 2 aromatic carbocycles. The third-order valence-corrected chi connectivity index (χ3v) is 5.66. The van der Waals surface area contributed by atoms with Crippen molar-refractivity contribution in [2.24, 2.45) is 0 Å². The van der Waals surface area contributed by atoms with Crippen molar-refractivity contribution in [3.05, 3.63) is 65.5 Å². The van der Waals surface area contributed by atoms with E-state index in [0.29, 0.717) is 28.8 Å². The summed E-state index contributed by atoms with van der Waals surface area (Å²) in [4.78, 5) is 16.4. The number of nitrogens with zero attached hydrogens (tertiary/aromatic N) is 3. The Hall–Kier alpha value is -2.91. The standard InChI is InChI=1S/C20H21ClN4O4S/c1-30(27,28)25(17-11-9-16(21)10-12-17)13-5-8-18(26)22-14-19-23-20(24-29-19)15-6-3-2-4-7-15/h2-4,6-7,9-12H,5,8,13-14H2,1H3,(H,22,26). The highest BCUT2D eigenvalue weighted by Crippen LogP contribution is 2.21. The fraction of sp³-hybridized carbons (Fsp3) is 0.250. The van der Waals surface area contributed by atoms with E-state index in [9.17, 15) is 13.2 Å². The highest BCUT2D eigenvalue weighted by molar-refractivity contribution is 7.92. The van der Waals surface area contributed by atoms with E-state index in [1.165, 1.54) is 4.31 Å². The first kappa shape index (κ1) is 21.8. The van der Waals surface area contributed by atoms with Crippen LogP contribution in [-0.2, 0) is 21.4 Å². The number of carbonyl (C=O) groups is 1. The number of rotatable bonds is 9. The van der Waals surface area contributed by atoms with E-state index in [1.807, 2.05) is 30.3 Å². The van der Waals surface area contributed by atoms with Gasteiger partial charge in [0.1, 0.15) is 0 Å². The molecule has 0 saturated heterocycles. The minimum Gasteiger partial charge on any atom is -0.347 e. The van der Waals surface area contributed by atoms with Crippen LogP contribution in [0.5, 0.6) is 0 Å². The van der Waals surface area contributed by atoms with Crippen LogP contribution >= 0.6 is 11.6 Å². The lowest BCUT2D eigenvalue weighted by molar-refractivity contribution is -0.121. The van der Waals surface area contributed by atoms with Crippen LogP contribution in [0.4, 0.5) is 5.69 Å². The molecule has 0 aliphatic heterocycles. The number of carbonyl (C=O) groups excluding carboxylic acids is 1. The predicted molar refractivity (Wildman–Crippen MR) is 114 cm³/mol. The predicted octanol–water partition coefficient (Wildman–Crippen LogP) is 3.25. The van der Waals surface area contributed by atoms with Crippen molar-refractivity contribution in [2.75, 3.05) is 17.1 Å². The molecule has 30 heavy (non-hydrogen) atoms. The molecule has 0 spiro atoms. The van der Waals surface area contributed by atoms with E-state index in [-0.39, 0.29) is 25.4 Å². The number of nitrogens with one attached hydrogen (secondary N) is 1. The first-order valence-electron chi connectivity index (χ1n) is 9.21. The molecule has 3 aromatic rings. The molecule has 1 aromatic heterocycles. The van der Waals surface area contributed by atoms with Crippen LogP contribution in [0, 0.1) is 0 Å². The Morgan fingerprint density at radius 2 is 1.83 bits per heavy atom. The molecule has 1 heterocycles. The summed E-state index contributed by atoms with van der Waals surface area (Å²) in [5.74, 6) is 0.506. The van der Waals surface area contributed by atoms with E-state index in [4.69, 9.17) is 16.1 Å². The zero-order valence-corrected chi connectivity index (χ0v) is 17.9. The van der Waals surface area contributed by atoms with Gasteiger partial charge in [-0.1, -0.05) is 47.1 Å². The number of sulfonamides is 1. The summed E-state index contributed by atoms with van der Waals surface area (Å²) in [6.45, 7) is 0.276. The molecule has 3 rings (SSSR count). The summed E-state index contributed by atoms with van der Waals surface area (Å²) >= 11 is 5.86. The third-order valence-electron chi connectivity index (χ3n) is 4.22. The van der Waals surface area contributed by atoms with Gasteiger partial charge in [0.15, 0.2) is 0 Å². The number of anilines is 1. The van der Waals surface area contributed by atoms with Gasteiger partial charge >= 0.3 is 0 Å². The van der Waals surface area contributed by atoms with Gasteiger partial charge in [-0.05, 0) is 30.7 Å². The van der Waals surface area contributed by atoms with E-state index in [0.717, 1.165) is 11.8 Å². The second-order valence-electron chi connectivity index (χ2n) is 6.57. The quantitative estimate of drug-likeness (QED) is 0.538. The minimum absolute atomic E-state index is 0.103. The first-order valence-corrected chi connectivity index (χ1v) is 11.4. The van der Waals surface area contributed by atoms with Crippen LogP contribution in [0.25, 0.3) is 11.4 Å². The SMILES string of the molecule is CS(=O)(=O)N(CCCC(=O)NCc1nc(-c2ccccc2)no1)c1ccc(Cl)cc1. The van der Waals surface area contributed by atoms with Crippen molar-refractivity contribution in [1.82, 2.24) is 15.5 Å². The van der Waals surface area contributed by atoms with Gasteiger partial charge in [-0.25, -0.2) is 8.42 Å². The molecule has 1 N–H and O–H groups in total. The average molecular weight is 449 g/mol. The maximum atomic E-state index is 12.1.